The number of fused-ring (bicyclic) bond motifs is 1. The SMILES string of the molecule is CC(N)C1CCCCN1C(=O)C1Cc2ccccc2S1. The molecule has 1 aromatic carbocycles. The number of nitrogens with zero attached hydrogens (tertiary/aromatic N) is 1. The third kappa shape index (κ3) is 2.59. The van der Waals surface area contributed by atoms with Gasteiger partial charge >= 0.3 is 0 Å². The second-order valence-electron chi connectivity index (χ2n) is 5.87. The Bertz CT molecular complexity index is 478. The lowest BCUT2D eigenvalue weighted by molar-refractivity contribution is -0.134. The van der Waals surface area contributed by atoms with E-state index < -0.39 is 0 Å². The number of thioether (sulfide) groups is 1. The molecular weight excluding hydrogens is 268 g/mol. The van der Waals surface area contributed by atoms with Crippen molar-refractivity contribution >= 4 is 17.7 Å². The maximum absolute atomic E-state index is 12.8. The molecule has 3 unspecified atom stereocenters. The molecular formula is C16H22N2OS. The fraction of sp³-hybridized carbons (Fsp3) is 0.562. The highest BCUT2D eigenvalue weighted by atomic mass is 32.2. The highest BCUT2D eigenvalue weighted by Crippen LogP contribution is 2.38. The van der Waals surface area contributed by atoms with E-state index in [4.69, 9.17) is 5.73 Å². The molecule has 3 rings (SSSR count). The molecule has 3 nitrogen and oxygen atoms in total. The van der Waals surface area contributed by atoms with Crippen molar-refractivity contribution in [3.05, 3.63) is 29.8 Å². The van der Waals surface area contributed by atoms with E-state index in [1.165, 1.54) is 16.9 Å². The van der Waals surface area contributed by atoms with Crippen molar-refractivity contribution < 1.29 is 4.79 Å². The van der Waals surface area contributed by atoms with E-state index in [0.29, 0.717) is 0 Å². The van der Waals surface area contributed by atoms with Crippen LogP contribution in [-0.4, -0.2) is 34.7 Å². The Morgan fingerprint density at radius 1 is 1.40 bits per heavy atom. The van der Waals surface area contributed by atoms with Gasteiger partial charge in [-0.1, -0.05) is 18.2 Å². The van der Waals surface area contributed by atoms with E-state index in [0.717, 1.165) is 25.8 Å². The Labute approximate surface area is 124 Å². The Hall–Kier alpha value is -1.00. The fourth-order valence-electron chi connectivity index (χ4n) is 3.28. The van der Waals surface area contributed by atoms with Crippen molar-refractivity contribution in [3.8, 4) is 0 Å². The van der Waals surface area contributed by atoms with Crippen LogP contribution in [0.1, 0.15) is 31.7 Å². The minimum atomic E-state index is 0.0479. The van der Waals surface area contributed by atoms with Crippen LogP contribution in [0.4, 0.5) is 0 Å². The molecule has 108 valence electrons. The summed E-state index contributed by atoms with van der Waals surface area (Å²) in [5, 5.41) is 0.0479. The molecule has 0 radical (unpaired) electrons. The molecule has 0 saturated carbocycles. The minimum Gasteiger partial charge on any atom is -0.337 e. The van der Waals surface area contributed by atoms with Gasteiger partial charge < -0.3 is 10.6 Å². The van der Waals surface area contributed by atoms with Crippen molar-refractivity contribution in [1.82, 2.24) is 4.90 Å². The van der Waals surface area contributed by atoms with Crippen LogP contribution < -0.4 is 5.73 Å². The molecule has 4 heteroatoms. The van der Waals surface area contributed by atoms with Crippen molar-refractivity contribution in [3.63, 3.8) is 0 Å². The number of benzene rings is 1. The molecule has 2 heterocycles. The Balaban J connectivity index is 1.73. The minimum absolute atomic E-state index is 0.0479. The van der Waals surface area contributed by atoms with Gasteiger partial charge in [0.15, 0.2) is 0 Å². The van der Waals surface area contributed by atoms with E-state index in [2.05, 4.69) is 23.1 Å². The molecule has 0 spiro atoms. The van der Waals surface area contributed by atoms with Crippen molar-refractivity contribution in [2.24, 2.45) is 5.73 Å². The number of likely N-dealkylation sites (tertiary alicyclic amines) is 1. The molecule has 2 aliphatic rings. The first-order chi connectivity index (χ1) is 9.66. The molecule has 1 fully saturated rings. The zero-order valence-electron chi connectivity index (χ0n) is 11.9. The van der Waals surface area contributed by atoms with Crippen LogP contribution in [0.25, 0.3) is 0 Å². The predicted octanol–water partition coefficient (Wildman–Crippen LogP) is 2.43. The number of hydrogen-bond donors (Lipinski definition) is 1. The van der Waals surface area contributed by atoms with E-state index in [-0.39, 0.29) is 23.2 Å². The van der Waals surface area contributed by atoms with Crippen LogP contribution >= 0.6 is 11.8 Å². The molecule has 2 N–H and O–H groups in total. The average molecular weight is 290 g/mol. The lowest BCUT2D eigenvalue weighted by Crippen LogP contribution is -2.53. The standard InChI is InChI=1S/C16H22N2OS/c1-11(17)13-7-4-5-9-18(13)16(19)15-10-12-6-2-3-8-14(12)20-15/h2-3,6,8,11,13,15H,4-5,7,9-10,17H2,1H3. The summed E-state index contributed by atoms with van der Waals surface area (Å²) in [7, 11) is 0. The van der Waals surface area contributed by atoms with Crippen LogP contribution in [-0.2, 0) is 11.2 Å². The molecule has 1 aromatic rings. The van der Waals surface area contributed by atoms with Gasteiger partial charge in [-0.05, 0) is 44.2 Å². The number of carbonyl (C=O) groups excluding carboxylic acids is 1. The first-order valence-corrected chi connectivity index (χ1v) is 8.35. The molecule has 0 aliphatic carbocycles. The van der Waals surface area contributed by atoms with Gasteiger partial charge in [0, 0.05) is 23.5 Å². The molecule has 0 aromatic heterocycles. The Kier molecular flexibility index (Phi) is 4.03. The summed E-state index contributed by atoms with van der Waals surface area (Å²) in [6.45, 7) is 2.89. The van der Waals surface area contributed by atoms with Gasteiger partial charge in [-0.2, -0.15) is 0 Å². The zero-order chi connectivity index (χ0) is 14.1. The lowest BCUT2D eigenvalue weighted by atomic mass is 9.96. The van der Waals surface area contributed by atoms with Crippen LogP contribution in [0.15, 0.2) is 29.2 Å². The first-order valence-electron chi connectivity index (χ1n) is 7.47. The highest BCUT2D eigenvalue weighted by molar-refractivity contribution is 8.01. The number of amides is 1. The smallest absolute Gasteiger partial charge is 0.236 e. The largest absolute Gasteiger partial charge is 0.337 e. The predicted molar refractivity (Wildman–Crippen MR) is 82.8 cm³/mol. The number of piperidine rings is 1. The summed E-state index contributed by atoms with van der Waals surface area (Å²) in [4.78, 5) is 16.2. The third-order valence-corrected chi connectivity index (χ3v) is 5.67. The second-order valence-corrected chi connectivity index (χ2v) is 7.12. The van der Waals surface area contributed by atoms with Crippen molar-refractivity contribution in [2.75, 3.05) is 6.54 Å². The number of hydrogen-bond acceptors (Lipinski definition) is 3. The molecule has 1 saturated heterocycles. The van der Waals surface area contributed by atoms with Gasteiger partial charge in [0.2, 0.25) is 5.91 Å². The summed E-state index contributed by atoms with van der Waals surface area (Å²) < 4.78 is 0. The van der Waals surface area contributed by atoms with Crippen molar-refractivity contribution in [2.45, 2.75) is 54.8 Å². The highest BCUT2D eigenvalue weighted by Gasteiger charge is 2.36. The van der Waals surface area contributed by atoms with Crippen LogP contribution in [0.3, 0.4) is 0 Å². The van der Waals surface area contributed by atoms with Gasteiger partial charge in [-0.15, -0.1) is 11.8 Å². The normalized spacial score (nSPS) is 27.2. The molecule has 2 aliphatic heterocycles. The van der Waals surface area contributed by atoms with Gasteiger partial charge in [0.25, 0.3) is 0 Å². The maximum Gasteiger partial charge on any atom is 0.236 e. The van der Waals surface area contributed by atoms with Crippen molar-refractivity contribution in [1.29, 1.82) is 0 Å². The van der Waals surface area contributed by atoms with Crippen LogP contribution in [0.5, 0.6) is 0 Å². The van der Waals surface area contributed by atoms with Crippen LogP contribution in [0, 0.1) is 0 Å². The van der Waals surface area contributed by atoms with E-state index in [1.807, 2.05) is 13.0 Å². The topological polar surface area (TPSA) is 46.3 Å². The molecule has 0 bridgehead atoms. The molecule has 1 amide bonds. The number of carbonyl (C=O) groups is 1. The quantitative estimate of drug-likeness (QED) is 0.910. The third-order valence-electron chi connectivity index (χ3n) is 4.36. The van der Waals surface area contributed by atoms with E-state index in [1.54, 1.807) is 11.8 Å². The van der Waals surface area contributed by atoms with E-state index >= 15 is 0 Å². The summed E-state index contributed by atoms with van der Waals surface area (Å²) in [5.41, 5.74) is 7.39. The fourth-order valence-corrected chi connectivity index (χ4v) is 4.55. The summed E-state index contributed by atoms with van der Waals surface area (Å²) in [6.07, 6.45) is 4.21. The summed E-state index contributed by atoms with van der Waals surface area (Å²) in [5.74, 6) is 0.285. The van der Waals surface area contributed by atoms with Gasteiger partial charge in [-0.3, -0.25) is 4.79 Å². The molecule has 3 atom stereocenters. The van der Waals surface area contributed by atoms with Gasteiger partial charge in [-0.25, -0.2) is 0 Å². The molecule has 20 heavy (non-hydrogen) atoms. The first kappa shape index (κ1) is 14.0. The Morgan fingerprint density at radius 2 is 2.20 bits per heavy atom. The summed E-state index contributed by atoms with van der Waals surface area (Å²) in [6, 6.07) is 8.64. The average Bonchev–Trinajstić information content (AvgIpc) is 2.90. The van der Waals surface area contributed by atoms with Crippen LogP contribution in [0.2, 0.25) is 0 Å². The number of nitrogens with two attached hydrogens (primary N) is 1. The summed E-state index contributed by atoms with van der Waals surface area (Å²) >= 11 is 1.72. The second kappa shape index (κ2) is 5.78. The monoisotopic (exact) mass is 290 g/mol. The van der Waals surface area contributed by atoms with Gasteiger partial charge in [0.1, 0.15) is 0 Å². The zero-order valence-corrected chi connectivity index (χ0v) is 12.7. The Morgan fingerprint density at radius 3 is 2.95 bits per heavy atom. The van der Waals surface area contributed by atoms with Gasteiger partial charge in [0.05, 0.1) is 5.25 Å². The van der Waals surface area contributed by atoms with E-state index in [9.17, 15) is 4.79 Å². The maximum atomic E-state index is 12.8. The lowest BCUT2D eigenvalue weighted by Gasteiger charge is -2.39. The number of rotatable bonds is 2.